The molecule has 3 heteroatoms. The number of unbranched alkanes of at least 4 members (excludes halogenated alkanes) is 6. The average molecular weight is 242 g/mol. The number of hydrogen-bond acceptors (Lipinski definition) is 3. The van der Waals surface area contributed by atoms with Crippen molar-refractivity contribution in [1.82, 2.24) is 0 Å². The molecule has 0 N–H and O–H groups in total. The van der Waals surface area contributed by atoms with Crippen LogP contribution in [0.25, 0.3) is 0 Å². The second-order valence-corrected chi connectivity index (χ2v) is 4.48. The molecule has 0 saturated carbocycles. The molecule has 0 aliphatic rings. The van der Waals surface area contributed by atoms with Gasteiger partial charge in [-0.05, 0) is 26.7 Å². The molecule has 0 aliphatic carbocycles. The summed E-state index contributed by atoms with van der Waals surface area (Å²) in [4.78, 5) is 21.7. The lowest BCUT2D eigenvalue weighted by Gasteiger charge is -2.02. The number of carbonyl (C=O) groups excluding carboxylic acids is 2. The summed E-state index contributed by atoms with van der Waals surface area (Å²) in [5.74, 6) is 0.216. The molecule has 0 aliphatic heterocycles. The van der Waals surface area contributed by atoms with Gasteiger partial charge in [0.05, 0.1) is 6.61 Å². The maximum atomic E-state index is 11.0. The van der Waals surface area contributed by atoms with Crippen LogP contribution in [0.4, 0.5) is 0 Å². The van der Waals surface area contributed by atoms with E-state index in [9.17, 15) is 9.59 Å². The molecule has 0 atom stereocenters. The third kappa shape index (κ3) is 13.1. The first-order valence-corrected chi connectivity index (χ1v) is 6.82. The van der Waals surface area contributed by atoms with Crippen LogP contribution in [-0.4, -0.2) is 18.4 Å². The monoisotopic (exact) mass is 242 g/mol. The van der Waals surface area contributed by atoms with E-state index in [4.69, 9.17) is 4.74 Å². The van der Waals surface area contributed by atoms with Crippen LogP contribution in [0.2, 0.25) is 0 Å². The smallest absolute Gasteiger partial charge is 0.305 e. The summed E-state index contributed by atoms with van der Waals surface area (Å²) in [5, 5.41) is 0. The van der Waals surface area contributed by atoms with E-state index in [1.54, 1.807) is 6.92 Å². The molecular weight excluding hydrogens is 216 g/mol. The van der Waals surface area contributed by atoms with Crippen molar-refractivity contribution in [2.75, 3.05) is 6.61 Å². The first kappa shape index (κ1) is 16.1. The highest BCUT2D eigenvalue weighted by atomic mass is 16.5. The number of hydrogen-bond donors (Lipinski definition) is 0. The Bertz CT molecular complexity index is 212. The van der Waals surface area contributed by atoms with Gasteiger partial charge < -0.3 is 9.53 Å². The fourth-order valence-electron chi connectivity index (χ4n) is 1.76. The quantitative estimate of drug-likeness (QED) is 0.410. The molecule has 17 heavy (non-hydrogen) atoms. The molecule has 0 aromatic carbocycles. The molecule has 0 aromatic heterocycles. The van der Waals surface area contributed by atoms with Gasteiger partial charge in [-0.3, -0.25) is 4.79 Å². The van der Waals surface area contributed by atoms with Crippen molar-refractivity contribution in [3.8, 4) is 0 Å². The molecule has 0 aromatic rings. The van der Waals surface area contributed by atoms with Gasteiger partial charge in [-0.15, -0.1) is 0 Å². The Balaban J connectivity index is 3.08. The summed E-state index contributed by atoms with van der Waals surface area (Å²) in [6.07, 6.45) is 9.08. The zero-order valence-electron chi connectivity index (χ0n) is 11.3. The summed E-state index contributed by atoms with van der Waals surface area (Å²) >= 11 is 0. The molecule has 0 fully saturated rings. The van der Waals surface area contributed by atoms with Crippen LogP contribution in [0.3, 0.4) is 0 Å². The number of Topliss-reactive ketones (excluding diaryl/α,β-unsaturated/α-hetero) is 1. The molecule has 0 rings (SSSR count). The van der Waals surface area contributed by atoms with Crippen molar-refractivity contribution in [3.05, 3.63) is 0 Å². The Morgan fingerprint density at radius 1 is 0.824 bits per heavy atom. The number of rotatable bonds is 11. The number of ether oxygens (including phenoxy) is 1. The number of ketones is 1. The van der Waals surface area contributed by atoms with Crippen LogP contribution in [-0.2, 0) is 14.3 Å². The van der Waals surface area contributed by atoms with Crippen LogP contribution in [0.5, 0.6) is 0 Å². The summed E-state index contributed by atoms with van der Waals surface area (Å²) in [6, 6.07) is 0. The molecular formula is C14H26O3. The highest BCUT2D eigenvalue weighted by molar-refractivity contribution is 5.75. The Morgan fingerprint density at radius 2 is 1.29 bits per heavy atom. The van der Waals surface area contributed by atoms with Crippen LogP contribution in [0.1, 0.15) is 71.6 Å². The second kappa shape index (κ2) is 11.6. The molecule has 0 saturated heterocycles. The van der Waals surface area contributed by atoms with Gasteiger partial charge in [0.1, 0.15) is 5.78 Å². The van der Waals surface area contributed by atoms with E-state index in [1.165, 1.54) is 19.3 Å². The maximum absolute atomic E-state index is 11.0. The number of carbonyl (C=O) groups is 2. The van der Waals surface area contributed by atoms with Gasteiger partial charge in [-0.2, -0.15) is 0 Å². The van der Waals surface area contributed by atoms with Gasteiger partial charge in [0, 0.05) is 12.8 Å². The van der Waals surface area contributed by atoms with Gasteiger partial charge in [-0.25, -0.2) is 0 Å². The van der Waals surface area contributed by atoms with E-state index in [1.807, 2.05) is 6.92 Å². The third-order valence-electron chi connectivity index (χ3n) is 2.72. The Morgan fingerprint density at radius 3 is 1.76 bits per heavy atom. The van der Waals surface area contributed by atoms with Crippen LogP contribution in [0.15, 0.2) is 0 Å². The zero-order valence-corrected chi connectivity index (χ0v) is 11.3. The van der Waals surface area contributed by atoms with Gasteiger partial charge in [0.2, 0.25) is 0 Å². The average Bonchev–Trinajstić information content (AvgIpc) is 2.27. The summed E-state index contributed by atoms with van der Waals surface area (Å²) in [5.41, 5.74) is 0. The highest BCUT2D eigenvalue weighted by Crippen LogP contribution is 2.10. The molecule has 0 spiro atoms. The summed E-state index contributed by atoms with van der Waals surface area (Å²) < 4.78 is 4.85. The highest BCUT2D eigenvalue weighted by Gasteiger charge is 2.00. The van der Waals surface area contributed by atoms with E-state index in [0.29, 0.717) is 18.8 Å². The van der Waals surface area contributed by atoms with Crippen LogP contribution >= 0.6 is 0 Å². The zero-order chi connectivity index (χ0) is 12.9. The predicted octanol–water partition coefficient (Wildman–Crippen LogP) is 3.65. The minimum absolute atomic E-state index is 0.0750. The standard InChI is InChI=1S/C14H26O3/c1-3-17-14(16)12-10-8-6-4-5-7-9-11-13(2)15/h3-12H2,1-2H3. The van der Waals surface area contributed by atoms with Crippen molar-refractivity contribution < 1.29 is 14.3 Å². The molecule has 100 valence electrons. The first-order valence-electron chi connectivity index (χ1n) is 6.82. The van der Waals surface area contributed by atoms with Crippen molar-refractivity contribution in [2.24, 2.45) is 0 Å². The van der Waals surface area contributed by atoms with Crippen LogP contribution < -0.4 is 0 Å². The maximum Gasteiger partial charge on any atom is 0.305 e. The SMILES string of the molecule is CCOC(=O)CCCCCCCCCC(C)=O. The normalized spacial score (nSPS) is 10.2. The van der Waals surface area contributed by atoms with Gasteiger partial charge in [0.25, 0.3) is 0 Å². The molecule has 3 nitrogen and oxygen atoms in total. The molecule has 0 radical (unpaired) electrons. The van der Waals surface area contributed by atoms with E-state index in [-0.39, 0.29) is 5.97 Å². The molecule has 0 unspecified atom stereocenters. The summed E-state index contributed by atoms with van der Waals surface area (Å²) in [6.45, 7) is 3.96. The predicted molar refractivity (Wildman–Crippen MR) is 68.9 cm³/mol. The fourth-order valence-corrected chi connectivity index (χ4v) is 1.76. The van der Waals surface area contributed by atoms with E-state index in [2.05, 4.69) is 0 Å². The van der Waals surface area contributed by atoms with Crippen molar-refractivity contribution in [2.45, 2.75) is 71.6 Å². The van der Waals surface area contributed by atoms with Gasteiger partial charge in [-0.1, -0.05) is 32.1 Å². The number of esters is 1. The topological polar surface area (TPSA) is 43.4 Å². The fraction of sp³-hybridized carbons (Fsp3) is 0.857. The minimum Gasteiger partial charge on any atom is -0.466 e. The lowest BCUT2D eigenvalue weighted by atomic mass is 10.1. The third-order valence-corrected chi connectivity index (χ3v) is 2.72. The molecule has 0 heterocycles. The van der Waals surface area contributed by atoms with Gasteiger partial charge in [0.15, 0.2) is 0 Å². The lowest BCUT2D eigenvalue weighted by Crippen LogP contribution is -2.03. The molecule has 0 bridgehead atoms. The Labute approximate surface area is 105 Å². The van der Waals surface area contributed by atoms with Crippen molar-refractivity contribution in [3.63, 3.8) is 0 Å². The minimum atomic E-state index is -0.0750. The Kier molecular flexibility index (Phi) is 11.0. The van der Waals surface area contributed by atoms with E-state index in [0.717, 1.165) is 32.1 Å². The van der Waals surface area contributed by atoms with Crippen molar-refractivity contribution >= 4 is 11.8 Å². The lowest BCUT2D eigenvalue weighted by molar-refractivity contribution is -0.143. The Hall–Kier alpha value is -0.860. The van der Waals surface area contributed by atoms with E-state index < -0.39 is 0 Å². The first-order chi connectivity index (χ1) is 8.16. The molecule has 0 amide bonds. The summed E-state index contributed by atoms with van der Waals surface area (Å²) in [7, 11) is 0. The van der Waals surface area contributed by atoms with Crippen LogP contribution in [0, 0.1) is 0 Å². The largest absolute Gasteiger partial charge is 0.466 e. The van der Waals surface area contributed by atoms with Crippen molar-refractivity contribution in [1.29, 1.82) is 0 Å². The second-order valence-electron chi connectivity index (χ2n) is 4.48. The van der Waals surface area contributed by atoms with E-state index >= 15 is 0 Å². The van der Waals surface area contributed by atoms with Gasteiger partial charge >= 0.3 is 5.97 Å².